The highest BCUT2D eigenvalue weighted by Gasteiger charge is 2.04. The highest BCUT2D eigenvalue weighted by molar-refractivity contribution is 9.10. The van der Waals surface area contributed by atoms with E-state index in [2.05, 4.69) is 41.8 Å². The smallest absolute Gasteiger partial charge is 0.209 e. The summed E-state index contributed by atoms with van der Waals surface area (Å²) in [5.74, 6) is 0.183. The van der Waals surface area contributed by atoms with Crippen LogP contribution in [0, 0.1) is 0 Å². The van der Waals surface area contributed by atoms with E-state index in [9.17, 15) is 5.11 Å². The van der Waals surface area contributed by atoms with E-state index >= 15 is 0 Å². The standard InChI is InChI=1S/C16H10Br2N2OS/c17-12-4-1-10(2-5-12)14-9-22-16(20-14)19-8-11-3-6-13(18)7-15(11)21/h1-9,21H. The Balaban J connectivity index is 1.82. The number of hydrogen-bond donors (Lipinski definition) is 1. The van der Waals surface area contributed by atoms with Gasteiger partial charge in [-0.3, -0.25) is 0 Å². The molecule has 0 bridgehead atoms. The molecule has 0 aliphatic rings. The summed E-state index contributed by atoms with van der Waals surface area (Å²) in [7, 11) is 0. The van der Waals surface area contributed by atoms with E-state index in [4.69, 9.17) is 0 Å². The third-order valence-electron chi connectivity index (χ3n) is 2.94. The van der Waals surface area contributed by atoms with Crippen molar-refractivity contribution in [3.63, 3.8) is 0 Å². The van der Waals surface area contributed by atoms with Crippen molar-refractivity contribution in [1.82, 2.24) is 4.98 Å². The van der Waals surface area contributed by atoms with Gasteiger partial charge in [0.1, 0.15) is 5.75 Å². The van der Waals surface area contributed by atoms with Crippen molar-refractivity contribution in [3.8, 4) is 17.0 Å². The molecular weight excluding hydrogens is 428 g/mol. The van der Waals surface area contributed by atoms with Crippen LogP contribution in [-0.2, 0) is 0 Å². The number of hydrogen-bond acceptors (Lipinski definition) is 4. The van der Waals surface area contributed by atoms with E-state index in [0.29, 0.717) is 10.7 Å². The first kappa shape index (κ1) is 15.4. The second-order valence-corrected chi connectivity index (χ2v) is 7.15. The quantitative estimate of drug-likeness (QED) is 0.527. The summed E-state index contributed by atoms with van der Waals surface area (Å²) in [6.45, 7) is 0. The van der Waals surface area contributed by atoms with Gasteiger partial charge in [-0.25, -0.2) is 9.98 Å². The predicted octanol–water partition coefficient (Wildman–Crippen LogP) is 5.79. The average Bonchev–Trinajstić information content (AvgIpc) is 2.96. The molecule has 1 N–H and O–H groups in total. The van der Waals surface area contributed by atoms with Crippen molar-refractivity contribution in [1.29, 1.82) is 0 Å². The van der Waals surface area contributed by atoms with Crippen LogP contribution in [0.3, 0.4) is 0 Å². The third kappa shape index (κ3) is 3.63. The van der Waals surface area contributed by atoms with Crippen molar-refractivity contribution >= 4 is 54.5 Å². The Morgan fingerprint density at radius 1 is 1.05 bits per heavy atom. The molecule has 3 rings (SSSR count). The Kier molecular flexibility index (Phi) is 4.71. The summed E-state index contributed by atoms with van der Waals surface area (Å²) in [4.78, 5) is 8.82. The van der Waals surface area contributed by atoms with Crippen molar-refractivity contribution in [2.75, 3.05) is 0 Å². The van der Waals surface area contributed by atoms with E-state index in [1.54, 1.807) is 18.3 Å². The van der Waals surface area contributed by atoms with Crippen molar-refractivity contribution < 1.29 is 5.11 Å². The van der Waals surface area contributed by atoms with E-state index in [-0.39, 0.29) is 5.75 Å². The molecule has 0 spiro atoms. The molecule has 0 amide bonds. The molecule has 22 heavy (non-hydrogen) atoms. The third-order valence-corrected chi connectivity index (χ3v) is 4.71. The van der Waals surface area contributed by atoms with Gasteiger partial charge in [-0.15, -0.1) is 11.3 Å². The average molecular weight is 438 g/mol. The lowest BCUT2D eigenvalue weighted by Gasteiger charge is -1.98. The minimum Gasteiger partial charge on any atom is -0.507 e. The van der Waals surface area contributed by atoms with Crippen LogP contribution >= 0.6 is 43.2 Å². The monoisotopic (exact) mass is 436 g/mol. The first-order valence-electron chi connectivity index (χ1n) is 6.36. The van der Waals surface area contributed by atoms with Crippen molar-refractivity contribution in [2.45, 2.75) is 0 Å². The maximum Gasteiger partial charge on any atom is 0.209 e. The van der Waals surface area contributed by atoms with Crippen LogP contribution < -0.4 is 0 Å². The predicted molar refractivity (Wildman–Crippen MR) is 98.3 cm³/mol. The van der Waals surface area contributed by atoms with Gasteiger partial charge in [0.25, 0.3) is 0 Å². The molecule has 3 aromatic rings. The van der Waals surface area contributed by atoms with Gasteiger partial charge in [-0.05, 0) is 30.3 Å². The number of phenols is 1. The van der Waals surface area contributed by atoms with Crippen LogP contribution in [0.4, 0.5) is 5.13 Å². The van der Waals surface area contributed by atoms with Crippen LogP contribution in [0.15, 0.2) is 61.8 Å². The van der Waals surface area contributed by atoms with E-state index in [0.717, 1.165) is 20.2 Å². The zero-order valence-electron chi connectivity index (χ0n) is 11.2. The van der Waals surface area contributed by atoms with Gasteiger partial charge in [0, 0.05) is 31.7 Å². The van der Waals surface area contributed by atoms with E-state index in [1.165, 1.54) is 11.3 Å². The second kappa shape index (κ2) is 6.73. The summed E-state index contributed by atoms with van der Waals surface area (Å²) in [6, 6.07) is 13.3. The molecule has 110 valence electrons. The molecule has 1 heterocycles. The summed E-state index contributed by atoms with van der Waals surface area (Å²) in [5, 5.41) is 12.5. The molecule has 0 unspecified atom stereocenters. The summed E-state index contributed by atoms with van der Waals surface area (Å²) in [6.07, 6.45) is 1.62. The number of aliphatic imine (C=N–C) groups is 1. The molecule has 1 aromatic heterocycles. The van der Waals surface area contributed by atoms with Gasteiger partial charge >= 0.3 is 0 Å². The van der Waals surface area contributed by atoms with Gasteiger partial charge in [-0.1, -0.05) is 44.0 Å². The molecule has 0 saturated carbocycles. The SMILES string of the molecule is Oc1cc(Br)ccc1C=Nc1nc(-c2ccc(Br)cc2)cs1. The normalized spacial score (nSPS) is 11.2. The molecule has 0 aliphatic heterocycles. The largest absolute Gasteiger partial charge is 0.507 e. The highest BCUT2D eigenvalue weighted by atomic mass is 79.9. The van der Waals surface area contributed by atoms with E-state index in [1.807, 2.05) is 35.7 Å². The Labute approximate surface area is 148 Å². The molecule has 0 radical (unpaired) electrons. The molecular formula is C16H10Br2N2OS. The number of halogens is 2. The Morgan fingerprint density at radius 3 is 2.50 bits per heavy atom. The lowest BCUT2D eigenvalue weighted by molar-refractivity contribution is 0.474. The molecule has 3 nitrogen and oxygen atoms in total. The fourth-order valence-corrected chi connectivity index (χ4v) is 3.11. The fourth-order valence-electron chi connectivity index (χ4n) is 1.83. The number of rotatable bonds is 3. The van der Waals surface area contributed by atoms with Gasteiger partial charge in [0.2, 0.25) is 5.13 Å². The van der Waals surface area contributed by atoms with E-state index < -0.39 is 0 Å². The highest BCUT2D eigenvalue weighted by Crippen LogP contribution is 2.28. The van der Waals surface area contributed by atoms with Crippen LogP contribution in [0.25, 0.3) is 11.3 Å². The molecule has 2 aromatic carbocycles. The lowest BCUT2D eigenvalue weighted by atomic mass is 10.2. The summed E-state index contributed by atoms with van der Waals surface area (Å²) < 4.78 is 1.87. The number of phenolic OH excluding ortho intramolecular Hbond substituents is 1. The number of nitrogens with zero attached hydrogens (tertiary/aromatic N) is 2. The first-order chi connectivity index (χ1) is 10.6. The minimum atomic E-state index is 0.183. The lowest BCUT2D eigenvalue weighted by Crippen LogP contribution is -1.82. The maximum absolute atomic E-state index is 9.84. The number of thiazole rings is 1. The molecule has 0 fully saturated rings. The minimum absolute atomic E-state index is 0.183. The fraction of sp³-hybridized carbons (Fsp3) is 0. The summed E-state index contributed by atoms with van der Waals surface area (Å²) in [5.41, 5.74) is 2.60. The Morgan fingerprint density at radius 2 is 1.77 bits per heavy atom. The van der Waals surface area contributed by atoms with Crippen LogP contribution in [-0.4, -0.2) is 16.3 Å². The van der Waals surface area contributed by atoms with Crippen LogP contribution in [0.1, 0.15) is 5.56 Å². The summed E-state index contributed by atoms with van der Waals surface area (Å²) >= 11 is 8.19. The maximum atomic E-state index is 9.84. The number of aromatic nitrogens is 1. The Bertz CT molecular complexity index is 828. The van der Waals surface area contributed by atoms with Gasteiger partial charge < -0.3 is 5.11 Å². The second-order valence-electron chi connectivity index (χ2n) is 4.48. The molecule has 6 heteroatoms. The van der Waals surface area contributed by atoms with Gasteiger partial charge in [-0.2, -0.15) is 0 Å². The first-order valence-corrected chi connectivity index (χ1v) is 8.82. The van der Waals surface area contributed by atoms with Gasteiger partial charge in [0.15, 0.2) is 0 Å². The van der Waals surface area contributed by atoms with Crippen LogP contribution in [0.5, 0.6) is 5.75 Å². The van der Waals surface area contributed by atoms with Gasteiger partial charge in [0.05, 0.1) is 5.69 Å². The van der Waals surface area contributed by atoms with Crippen LogP contribution in [0.2, 0.25) is 0 Å². The Hall–Kier alpha value is -1.50. The zero-order chi connectivity index (χ0) is 15.5. The van der Waals surface area contributed by atoms with Crippen molar-refractivity contribution in [2.24, 2.45) is 4.99 Å². The molecule has 0 saturated heterocycles. The molecule has 0 atom stereocenters. The molecule has 0 aliphatic carbocycles. The topological polar surface area (TPSA) is 45.5 Å². The number of benzene rings is 2. The zero-order valence-corrected chi connectivity index (χ0v) is 15.2. The van der Waals surface area contributed by atoms with Crippen molar-refractivity contribution in [3.05, 3.63) is 62.4 Å². The number of aromatic hydroxyl groups is 1.